The number of carbonyl (C=O) groups is 2. The zero-order valence-electron chi connectivity index (χ0n) is 22.7. The van der Waals surface area contributed by atoms with E-state index >= 15 is 0 Å². The van der Waals surface area contributed by atoms with E-state index in [0.29, 0.717) is 12.8 Å². The first-order chi connectivity index (χ1) is 15.8. The Morgan fingerprint density at radius 2 is 1.00 bits per heavy atom. The van der Waals surface area contributed by atoms with Gasteiger partial charge < -0.3 is 35.5 Å². The summed E-state index contributed by atoms with van der Waals surface area (Å²) in [6, 6.07) is -1.14. The molecule has 1 aliphatic heterocycles. The van der Waals surface area contributed by atoms with Gasteiger partial charge in [-0.15, -0.1) is 0 Å². The molecule has 1 aliphatic rings. The molecule has 6 N–H and O–H groups in total. The van der Waals surface area contributed by atoms with Crippen molar-refractivity contribution in [2.24, 2.45) is 0 Å². The molecule has 209 valence electrons. The average Bonchev–Trinajstić information content (AvgIpc) is 2.81. The van der Waals surface area contributed by atoms with Crippen LogP contribution in [0.3, 0.4) is 0 Å². The summed E-state index contributed by atoms with van der Waals surface area (Å²) in [5.74, 6) is -2.16. The molecule has 1 fully saturated rings. The minimum absolute atomic E-state index is 0. The quantitative estimate of drug-likeness (QED) is 0.234. The van der Waals surface area contributed by atoms with Crippen molar-refractivity contribution in [2.45, 2.75) is 127 Å². The Bertz CT molecular complexity index is 568. The summed E-state index contributed by atoms with van der Waals surface area (Å²) in [7, 11) is 0. The third-order valence-electron chi connectivity index (χ3n) is 6.58. The molecule has 14 heteroatoms. The molecule has 1 unspecified atom stereocenters. The largest absolute Gasteiger partial charge is 0.480 e. The number of nitrogens with zero attached hydrogens (tertiary/aromatic N) is 1. The first-order valence-electron chi connectivity index (χ1n) is 12.7. The van der Waals surface area contributed by atoms with Crippen LogP contribution in [0.2, 0.25) is 0 Å². The first-order valence-corrected chi connectivity index (χ1v) is 12.7. The summed E-state index contributed by atoms with van der Waals surface area (Å²) in [5.41, 5.74) is 0. The summed E-state index contributed by atoms with van der Waals surface area (Å²) in [4.78, 5) is 26.1. The number of aliphatic carboxylic acids is 1. The van der Waals surface area contributed by atoms with Crippen molar-refractivity contribution in [3.05, 3.63) is 0 Å². The van der Waals surface area contributed by atoms with Crippen LogP contribution in [-0.4, -0.2) is 91.0 Å². The van der Waals surface area contributed by atoms with Gasteiger partial charge in [-0.05, 0) is 12.8 Å². The van der Waals surface area contributed by atoms with Crippen molar-refractivity contribution in [1.82, 2.24) is 4.90 Å². The topological polar surface area (TPSA) is 159 Å². The summed E-state index contributed by atoms with van der Waals surface area (Å²) < 4.78 is 0. The number of amides is 1. The molecule has 0 spiro atoms. The molecule has 5 radical (unpaired) electrons. The molecule has 0 aromatic rings. The van der Waals surface area contributed by atoms with Crippen molar-refractivity contribution in [3.8, 4) is 0 Å². The van der Waals surface area contributed by atoms with E-state index in [-0.39, 0.29) is 233 Å². The fraction of sp³-hybridized carbons (Fsp3) is 0.917. The summed E-state index contributed by atoms with van der Waals surface area (Å²) in [5, 5.41) is 58.7. The molecule has 1 rings (SSSR count). The number of hydrogen-bond acceptors (Lipinski definition) is 7. The number of carbonyl (C=O) groups excluding carboxylic acids is 1. The van der Waals surface area contributed by atoms with E-state index in [2.05, 4.69) is 0 Å². The summed E-state index contributed by atoms with van der Waals surface area (Å²) in [6.07, 6.45) is 6.79. The molecule has 5 atom stereocenters. The molecule has 0 aromatic heterocycles. The number of hydrogen-bond donors (Lipinski definition) is 6. The maximum atomic E-state index is 13.0. The Hall–Kier alpha value is 5.95. The number of aliphatic hydroxyl groups excluding tert-OH is 5. The fourth-order valence-corrected chi connectivity index (χ4v) is 4.41. The average molecular weight is 1610 g/mol. The zero-order valence-corrected chi connectivity index (χ0v) is 46.5. The normalized spacial score (nSPS) is 21.4. The SMILES string of the molecule is O=C(O)C1CCCCCCCCCCCCCCCCN1C(=O)[C@H](O)[C@@H](O)[C@H](O)[C@H](O)CO.[Ac].[Ac].[Ac].[Ac].[Ac]. The van der Waals surface area contributed by atoms with Crippen molar-refractivity contribution in [1.29, 1.82) is 0 Å². The Labute approximate surface area is 407 Å². The second-order valence-corrected chi connectivity index (χ2v) is 9.30. The molecule has 38 heavy (non-hydrogen) atoms. The van der Waals surface area contributed by atoms with Gasteiger partial charge in [-0.1, -0.05) is 83.5 Å². The standard InChI is InChI=1S/C24H45NO8.5Ac/c26-17-19(27)20(28)21(29)22(30)23(31)25-16-14-12-10-8-6-4-2-1-3-5-7-9-11-13-15-18(25)24(32)33;;;;;/h18-22,26-30H,1-17H2,(H,32,33);;;;;/t18?,19-,20-,21+,22-;;;;;/m1...../s1. The molecule has 0 aromatic carbocycles. The van der Waals surface area contributed by atoms with Gasteiger partial charge in [-0.2, -0.15) is 0 Å². The van der Waals surface area contributed by atoms with Crippen molar-refractivity contribution >= 4 is 11.9 Å². The van der Waals surface area contributed by atoms with E-state index in [1.807, 2.05) is 0 Å². The van der Waals surface area contributed by atoms with Crippen molar-refractivity contribution < 1.29 is 261 Å². The van der Waals surface area contributed by atoms with Crippen LogP contribution < -0.4 is 0 Å². The van der Waals surface area contributed by atoms with Gasteiger partial charge in [-0.25, -0.2) is 4.79 Å². The second-order valence-electron chi connectivity index (χ2n) is 9.30. The predicted octanol–water partition coefficient (Wildman–Crippen LogP) is 1.57. The van der Waals surface area contributed by atoms with Gasteiger partial charge in [0.25, 0.3) is 5.91 Å². The van der Waals surface area contributed by atoms with Crippen LogP contribution in [-0.2, 0) is 9.59 Å². The third-order valence-corrected chi connectivity index (χ3v) is 6.58. The molecular formula is C24H45Ac5NO8. The molecule has 1 amide bonds. The smallest absolute Gasteiger partial charge is 0.326 e. The Morgan fingerprint density at radius 3 is 1.37 bits per heavy atom. The van der Waals surface area contributed by atoms with Crippen LogP contribution >= 0.6 is 0 Å². The van der Waals surface area contributed by atoms with E-state index in [9.17, 15) is 35.1 Å². The second kappa shape index (κ2) is 34.3. The van der Waals surface area contributed by atoms with E-state index in [4.69, 9.17) is 5.11 Å². The molecular weight excluding hydrogens is 1570 g/mol. The van der Waals surface area contributed by atoms with Crippen molar-refractivity contribution in [3.63, 3.8) is 0 Å². The van der Waals surface area contributed by atoms with Gasteiger partial charge in [-0.3, -0.25) is 4.79 Å². The number of aliphatic hydroxyl groups is 5. The van der Waals surface area contributed by atoms with Crippen LogP contribution in [0, 0.1) is 220 Å². The fourth-order valence-electron chi connectivity index (χ4n) is 4.41. The number of carboxylic acids is 1. The number of rotatable bonds is 6. The number of carboxylic acid groups (broad SMARTS) is 1. The van der Waals surface area contributed by atoms with Crippen molar-refractivity contribution in [2.75, 3.05) is 13.2 Å². The van der Waals surface area contributed by atoms with Gasteiger partial charge in [0, 0.05) is 227 Å². The predicted molar refractivity (Wildman–Crippen MR) is 124 cm³/mol. The van der Waals surface area contributed by atoms with Crippen LogP contribution in [0.15, 0.2) is 0 Å². The minimum Gasteiger partial charge on any atom is -0.480 e. The Balaban J connectivity index is -0.000000726. The molecule has 0 bridgehead atoms. The maximum Gasteiger partial charge on any atom is 0.326 e. The zero-order chi connectivity index (χ0) is 24.6. The van der Waals surface area contributed by atoms with Crippen LogP contribution in [0.1, 0.15) is 96.3 Å². The summed E-state index contributed by atoms with van der Waals surface area (Å²) >= 11 is 0. The van der Waals surface area contributed by atoms with Gasteiger partial charge in [0.15, 0.2) is 6.10 Å². The van der Waals surface area contributed by atoms with E-state index < -0.39 is 48.9 Å². The Morgan fingerprint density at radius 1 is 0.632 bits per heavy atom. The van der Waals surface area contributed by atoms with E-state index in [1.165, 1.54) is 32.1 Å². The van der Waals surface area contributed by atoms with E-state index in [1.54, 1.807) is 0 Å². The maximum absolute atomic E-state index is 13.0. The van der Waals surface area contributed by atoms with E-state index in [0.717, 1.165) is 49.8 Å². The minimum atomic E-state index is -2.11. The molecule has 1 heterocycles. The van der Waals surface area contributed by atoms with Gasteiger partial charge in [0.1, 0.15) is 24.4 Å². The van der Waals surface area contributed by atoms with Gasteiger partial charge >= 0.3 is 5.97 Å². The first kappa shape index (κ1) is 53.4. The van der Waals surface area contributed by atoms with Crippen LogP contribution in [0.4, 0.5) is 0 Å². The molecule has 9 nitrogen and oxygen atoms in total. The monoisotopic (exact) mass is 1610 g/mol. The van der Waals surface area contributed by atoms with Gasteiger partial charge in [0.05, 0.1) is 6.61 Å². The van der Waals surface area contributed by atoms with Gasteiger partial charge in [0.2, 0.25) is 0 Å². The Kier molecular flexibility index (Phi) is 48.2. The molecule has 0 saturated carbocycles. The molecule has 0 aliphatic carbocycles. The molecule has 1 saturated heterocycles. The summed E-state index contributed by atoms with van der Waals surface area (Å²) in [6.45, 7) is -0.737. The van der Waals surface area contributed by atoms with Crippen LogP contribution in [0.5, 0.6) is 0 Å². The third kappa shape index (κ3) is 23.3. The van der Waals surface area contributed by atoms with Crippen LogP contribution in [0.25, 0.3) is 0 Å².